The monoisotopic (exact) mass is 636 g/mol. The highest BCUT2D eigenvalue weighted by Gasteiger charge is 2.35. The van der Waals surface area contributed by atoms with Gasteiger partial charge in [0, 0.05) is 12.5 Å². The summed E-state index contributed by atoms with van der Waals surface area (Å²) in [6.07, 6.45) is 3.11. The fourth-order valence-corrected chi connectivity index (χ4v) is 4.21. The maximum absolute atomic E-state index is 13.1. The Hall–Kier alpha value is -2.03. The van der Waals surface area contributed by atoms with Gasteiger partial charge < -0.3 is 30.8 Å². The number of benzene rings is 1. The molecule has 10 nitrogen and oxygen atoms in total. The molecule has 1 aliphatic heterocycles. The van der Waals surface area contributed by atoms with Crippen molar-refractivity contribution in [2.45, 2.75) is 70.7 Å². The summed E-state index contributed by atoms with van der Waals surface area (Å²) in [4.78, 5) is 62.0. The highest BCUT2D eigenvalue weighted by molar-refractivity contribution is 7.59. The number of carbonyl (C=O) groups excluding carboxylic acids is 5. The molecule has 1 saturated carbocycles. The minimum atomic E-state index is -0.910. The zero-order valence-corrected chi connectivity index (χ0v) is 26.8. The van der Waals surface area contributed by atoms with Crippen molar-refractivity contribution in [2.24, 2.45) is 17.8 Å². The van der Waals surface area contributed by atoms with E-state index < -0.39 is 36.0 Å². The molecule has 3 rings (SSSR count). The summed E-state index contributed by atoms with van der Waals surface area (Å²) < 4.78 is 5.24. The van der Waals surface area contributed by atoms with Crippen LogP contribution in [0.4, 0.5) is 4.79 Å². The molecule has 1 aliphatic carbocycles. The summed E-state index contributed by atoms with van der Waals surface area (Å²) in [6.45, 7) is 4.19. The number of carbonyl (C=O) groups is 5. The van der Waals surface area contributed by atoms with E-state index in [0.717, 1.165) is 18.4 Å². The van der Waals surface area contributed by atoms with Crippen LogP contribution >= 0.6 is 54.0 Å². The second-order valence-electron chi connectivity index (χ2n) is 9.93. The Balaban J connectivity index is 0. The highest BCUT2D eigenvalue weighted by atomic mass is 32.1. The second kappa shape index (κ2) is 19.9. The van der Waals surface area contributed by atoms with E-state index in [1.54, 1.807) is 13.8 Å². The van der Waals surface area contributed by atoms with Crippen molar-refractivity contribution in [1.29, 1.82) is 0 Å². The summed E-state index contributed by atoms with van der Waals surface area (Å²) in [5, 5.41) is 10.8. The summed E-state index contributed by atoms with van der Waals surface area (Å²) in [6, 6.07) is 6.60. The molecule has 40 heavy (non-hydrogen) atoms. The van der Waals surface area contributed by atoms with Gasteiger partial charge in [-0.1, -0.05) is 57.0 Å². The molecular weight excluding hydrogens is 593 g/mol. The molecular formula is C26H44N4O6S4. The number of nitrogens with one attached hydrogen (secondary N) is 4. The fourth-order valence-electron chi connectivity index (χ4n) is 4.21. The van der Waals surface area contributed by atoms with Gasteiger partial charge in [-0.25, -0.2) is 4.79 Å². The summed E-state index contributed by atoms with van der Waals surface area (Å²) in [7, 11) is 0. The molecule has 0 bridgehead atoms. The van der Waals surface area contributed by atoms with Crippen LogP contribution in [-0.4, -0.2) is 54.8 Å². The Kier molecular flexibility index (Phi) is 20.0. The molecule has 4 amide bonds. The van der Waals surface area contributed by atoms with Gasteiger partial charge in [0.2, 0.25) is 17.7 Å². The standard InChI is InChI=1S/C26H36N4O6.4H2S/c1-16(2)22(30-26(35)36-15-18-6-4-3-5-7-18)25(34)29-21(12-17-8-9-17)24(33)28-20(14-31)13-19-10-11-27-23(19)32;;;;/h3-7,14,16-17,19-22H,8-13,15H2,1-2H3,(H,27,32)(H,28,33)(H,29,34)(H,30,35);4*1H2/t19-,20-,21-,22-;;;;/m0..../s1. The molecule has 14 heteroatoms. The van der Waals surface area contributed by atoms with Crippen molar-refractivity contribution in [2.75, 3.05) is 6.54 Å². The van der Waals surface area contributed by atoms with Crippen LogP contribution in [-0.2, 0) is 30.5 Å². The van der Waals surface area contributed by atoms with E-state index in [1.807, 2.05) is 30.3 Å². The van der Waals surface area contributed by atoms with Gasteiger partial charge in [-0.15, -0.1) is 0 Å². The maximum atomic E-state index is 13.1. The van der Waals surface area contributed by atoms with Crippen molar-refractivity contribution in [3.8, 4) is 0 Å². The average Bonchev–Trinajstić information content (AvgIpc) is 3.59. The van der Waals surface area contributed by atoms with Gasteiger partial charge in [-0.2, -0.15) is 54.0 Å². The molecule has 228 valence electrons. The van der Waals surface area contributed by atoms with Crippen molar-refractivity contribution in [3.05, 3.63) is 35.9 Å². The minimum Gasteiger partial charge on any atom is -0.445 e. The molecule has 4 atom stereocenters. The summed E-state index contributed by atoms with van der Waals surface area (Å²) in [5.74, 6) is -1.36. The van der Waals surface area contributed by atoms with Gasteiger partial charge in [0.25, 0.3) is 0 Å². The third-order valence-corrected chi connectivity index (χ3v) is 6.53. The van der Waals surface area contributed by atoms with Gasteiger partial charge in [0.05, 0.1) is 6.04 Å². The quantitative estimate of drug-likeness (QED) is 0.244. The van der Waals surface area contributed by atoms with Crippen LogP contribution in [0.15, 0.2) is 30.3 Å². The van der Waals surface area contributed by atoms with Crippen LogP contribution in [0.5, 0.6) is 0 Å². The Morgan fingerprint density at radius 1 is 0.950 bits per heavy atom. The molecule has 1 saturated heterocycles. The van der Waals surface area contributed by atoms with E-state index in [0.29, 0.717) is 31.6 Å². The number of aldehydes is 1. The zero-order chi connectivity index (χ0) is 26.1. The number of hydrogen-bond acceptors (Lipinski definition) is 6. The molecule has 0 spiro atoms. The van der Waals surface area contributed by atoms with E-state index in [1.165, 1.54) is 0 Å². The van der Waals surface area contributed by atoms with Crippen molar-refractivity contribution in [1.82, 2.24) is 21.3 Å². The second-order valence-corrected chi connectivity index (χ2v) is 9.93. The molecule has 2 aliphatic rings. The van der Waals surface area contributed by atoms with Crippen LogP contribution in [0, 0.1) is 17.8 Å². The van der Waals surface area contributed by atoms with Crippen LogP contribution < -0.4 is 21.3 Å². The van der Waals surface area contributed by atoms with Crippen LogP contribution in [0.2, 0.25) is 0 Å². The normalized spacial score (nSPS) is 17.6. The molecule has 1 heterocycles. The largest absolute Gasteiger partial charge is 0.445 e. The van der Waals surface area contributed by atoms with Gasteiger partial charge in [0.1, 0.15) is 25.0 Å². The topological polar surface area (TPSA) is 143 Å². The third kappa shape index (κ3) is 13.1. The summed E-state index contributed by atoms with van der Waals surface area (Å²) in [5.41, 5.74) is 0.819. The first-order valence-corrected chi connectivity index (χ1v) is 12.6. The lowest BCUT2D eigenvalue weighted by Gasteiger charge is -2.26. The van der Waals surface area contributed by atoms with Gasteiger partial charge in [-0.05, 0) is 36.7 Å². The first kappa shape index (κ1) is 40.1. The molecule has 0 unspecified atom stereocenters. The molecule has 1 aromatic rings. The van der Waals surface area contributed by atoms with E-state index in [4.69, 9.17) is 4.74 Å². The lowest BCUT2D eigenvalue weighted by atomic mass is 9.98. The first-order chi connectivity index (χ1) is 17.3. The van der Waals surface area contributed by atoms with E-state index >= 15 is 0 Å². The Morgan fingerprint density at radius 2 is 1.60 bits per heavy atom. The lowest BCUT2D eigenvalue weighted by molar-refractivity contribution is -0.132. The summed E-state index contributed by atoms with van der Waals surface area (Å²) >= 11 is 0. The molecule has 2 fully saturated rings. The van der Waals surface area contributed by atoms with E-state index in [9.17, 15) is 24.0 Å². The smallest absolute Gasteiger partial charge is 0.408 e. The number of amides is 4. The first-order valence-electron chi connectivity index (χ1n) is 12.6. The lowest BCUT2D eigenvalue weighted by Crippen LogP contribution is -2.56. The van der Waals surface area contributed by atoms with Crippen molar-refractivity contribution in [3.63, 3.8) is 0 Å². The SMILES string of the molecule is CC(C)[C@H](NC(=O)OCc1ccccc1)C(=O)N[C@@H](CC1CC1)C(=O)N[C@H](C=O)C[C@@H]1CCNC1=O.S.S.S.S. The Bertz CT molecular complexity index is 952. The van der Waals surface area contributed by atoms with E-state index in [-0.39, 0.29) is 84.8 Å². The van der Waals surface area contributed by atoms with Gasteiger partial charge in [-0.3, -0.25) is 14.4 Å². The number of alkyl carbamates (subject to hydrolysis) is 1. The zero-order valence-electron chi connectivity index (χ0n) is 22.8. The highest BCUT2D eigenvalue weighted by Crippen LogP contribution is 2.33. The van der Waals surface area contributed by atoms with Crippen molar-refractivity contribution < 1.29 is 28.7 Å². The predicted octanol–water partition coefficient (Wildman–Crippen LogP) is 1.88. The van der Waals surface area contributed by atoms with Crippen molar-refractivity contribution >= 4 is 84.1 Å². The average molecular weight is 637 g/mol. The van der Waals surface area contributed by atoms with Crippen LogP contribution in [0.25, 0.3) is 0 Å². The predicted molar refractivity (Wildman–Crippen MR) is 173 cm³/mol. The third-order valence-electron chi connectivity index (χ3n) is 6.53. The maximum Gasteiger partial charge on any atom is 0.408 e. The number of hydrogen-bond donors (Lipinski definition) is 4. The van der Waals surface area contributed by atoms with Gasteiger partial charge in [0.15, 0.2) is 0 Å². The van der Waals surface area contributed by atoms with Crippen LogP contribution in [0.1, 0.15) is 51.5 Å². The molecule has 1 aromatic carbocycles. The number of rotatable bonds is 13. The Morgan fingerprint density at radius 3 is 2.12 bits per heavy atom. The Labute approximate surface area is 264 Å². The van der Waals surface area contributed by atoms with E-state index in [2.05, 4.69) is 21.3 Å². The fraction of sp³-hybridized carbons (Fsp3) is 0.577. The molecule has 0 aromatic heterocycles. The van der Waals surface area contributed by atoms with Gasteiger partial charge >= 0.3 is 6.09 Å². The molecule has 4 N–H and O–H groups in total. The minimum absolute atomic E-state index is 0. The van der Waals surface area contributed by atoms with Crippen LogP contribution in [0.3, 0.4) is 0 Å². The molecule has 0 radical (unpaired) electrons. The number of ether oxygens (including phenoxy) is 1.